The summed E-state index contributed by atoms with van der Waals surface area (Å²) >= 11 is 0. The number of rotatable bonds is 2. The molecule has 0 aliphatic carbocycles. The van der Waals surface area contributed by atoms with Gasteiger partial charge in [-0.15, -0.1) is 0 Å². The average molecular weight is 288 g/mol. The normalized spacial score (nSPS) is 19.2. The van der Waals surface area contributed by atoms with Crippen LogP contribution in [0.5, 0.6) is 0 Å². The quantitative estimate of drug-likeness (QED) is 0.796. The van der Waals surface area contributed by atoms with Crippen LogP contribution in [0.2, 0.25) is 0 Å². The third-order valence-corrected chi connectivity index (χ3v) is 3.80. The van der Waals surface area contributed by atoms with Crippen molar-refractivity contribution in [2.24, 2.45) is 0 Å². The first-order chi connectivity index (χ1) is 10.9. The molecule has 0 saturated carbocycles. The van der Waals surface area contributed by atoms with E-state index in [4.69, 9.17) is 0 Å². The molecule has 0 radical (unpaired) electrons. The standard InChI is InChI=1S/C18H16N4/c1-4-10-19-15(7-1)13-21-14-16-8-3-6-12-22(16)18(21)17-9-2-5-11-20-17/h1-12H,13-14H2. The molecule has 0 fully saturated rings. The number of pyridine rings is 2. The van der Waals surface area contributed by atoms with Crippen molar-refractivity contribution in [3.05, 3.63) is 95.6 Å². The summed E-state index contributed by atoms with van der Waals surface area (Å²) in [5, 5.41) is 4.53. The zero-order chi connectivity index (χ0) is 14.8. The second-order valence-corrected chi connectivity index (χ2v) is 5.28. The number of nitrogens with zero attached hydrogens (tertiary/aromatic N) is 4. The third kappa shape index (κ3) is 2.29. The Morgan fingerprint density at radius 2 is 2.09 bits per heavy atom. The number of allylic oxidation sites excluding steroid dienone is 3. The van der Waals surface area contributed by atoms with Crippen LogP contribution in [0.25, 0.3) is 11.1 Å². The molecule has 2 aromatic heterocycles. The molecule has 4 heterocycles. The summed E-state index contributed by atoms with van der Waals surface area (Å²) in [5.74, 6) is 1.11. The van der Waals surface area contributed by atoms with Crippen molar-refractivity contribution >= 4 is 5.82 Å². The molecule has 0 spiro atoms. The van der Waals surface area contributed by atoms with E-state index in [0.717, 1.165) is 30.3 Å². The van der Waals surface area contributed by atoms with E-state index in [-0.39, 0.29) is 0 Å². The molecule has 4 nitrogen and oxygen atoms in total. The summed E-state index contributed by atoms with van der Waals surface area (Å²) in [7, 11) is 0. The molecular weight excluding hydrogens is 272 g/mol. The molecule has 2 aliphatic heterocycles. The molecule has 4 heteroatoms. The lowest BCUT2D eigenvalue weighted by Crippen LogP contribution is -2.35. The van der Waals surface area contributed by atoms with E-state index >= 15 is 0 Å². The Kier molecular flexibility index (Phi) is 3.20. The molecule has 0 amide bonds. The monoisotopic (exact) mass is 288 g/mol. The summed E-state index contributed by atoms with van der Waals surface area (Å²) < 4.78 is 2.21. The summed E-state index contributed by atoms with van der Waals surface area (Å²) in [6.07, 6.45) is 11.8. The highest BCUT2D eigenvalue weighted by atomic mass is 15.3. The molecule has 0 unspecified atom stereocenters. The van der Waals surface area contributed by atoms with Gasteiger partial charge in [-0.1, -0.05) is 30.4 Å². The SMILES string of the molecule is C1=C[N-]C(=C2N(Cc3ccccn3)Cc3cccc[n+]32)C=C1. The lowest BCUT2D eigenvalue weighted by Gasteiger charge is -2.23. The topological polar surface area (TPSA) is 34.1 Å². The van der Waals surface area contributed by atoms with Crippen LogP contribution in [-0.2, 0) is 13.1 Å². The number of hydrogen-bond donors (Lipinski definition) is 0. The van der Waals surface area contributed by atoms with Gasteiger partial charge in [0.15, 0.2) is 5.69 Å². The van der Waals surface area contributed by atoms with Crippen LogP contribution in [0, 0.1) is 0 Å². The van der Waals surface area contributed by atoms with E-state index in [1.165, 1.54) is 5.69 Å². The predicted octanol–water partition coefficient (Wildman–Crippen LogP) is 2.97. The van der Waals surface area contributed by atoms with Crippen molar-refractivity contribution < 1.29 is 4.57 Å². The highest BCUT2D eigenvalue weighted by Gasteiger charge is 2.32. The van der Waals surface area contributed by atoms with E-state index in [1.807, 2.05) is 36.7 Å². The lowest BCUT2D eigenvalue weighted by atomic mass is 10.3. The molecule has 0 saturated heterocycles. The third-order valence-electron chi connectivity index (χ3n) is 3.80. The van der Waals surface area contributed by atoms with Crippen molar-refractivity contribution in [2.75, 3.05) is 0 Å². The summed E-state index contributed by atoms with van der Waals surface area (Å²) in [4.78, 5) is 6.77. The Hall–Kier alpha value is -2.88. The molecule has 0 bridgehead atoms. The highest BCUT2D eigenvalue weighted by molar-refractivity contribution is 5.56. The van der Waals surface area contributed by atoms with Gasteiger partial charge in [0.25, 0.3) is 5.82 Å². The van der Waals surface area contributed by atoms with Gasteiger partial charge in [-0.3, -0.25) is 4.98 Å². The van der Waals surface area contributed by atoms with E-state index in [9.17, 15) is 0 Å². The zero-order valence-corrected chi connectivity index (χ0v) is 12.1. The molecule has 0 atom stereocenters. The van der Waals surface area contributed by atoms with Crippen molar-refractivity contribution in [2.45, 2.75) is 13.1 Å². The van der Waals surface area contributed by atoms with Crippen LogP contribution in [0.15, 0.2) is 78.9 Å². The van der Waals surface area contributed by atoms with E-state index < -0.39 is 0 Å². The highest BCUT2D eigenvalue weighted by Crippen LogP contribution is 2.27. The minimum atomic E-state index is 0.772. The molecule has 22 heavy (non-hydrogen) atoms. The second-order valence-electron chi connectivity index (χ2n) is 5.28. The fourth-order valence-electron chi connectivity index (χ4n) is 2.84. The van der Waals surface area contributed by atoms with E-state index in [2.05, 4.69) is 56.3 Å². The van der Waals surface area contributed by atoms with Gasteiger partial charge >= 0.3 is 0 Å². The van der Waals surface area contributed by atoms with E-state index in [1.54, 1.807) is 0 Å². The molecule has 0 aromatic carbocycles. The van der Waals surface area contributed by atoms with Gasteiger partial charge in [-0.2, -0.15) is 6.20 Å². The van der Waals surface area contributed by atoms with Gasteiger partial charge in [0, 0.05) is 6.20 Å². The smallest absolute Gasteiger partial charge is 0.267 e. The van der Waals surface area contributed by atoms with Crippen LogP contribution in [0.3, 0.4) is 0 Å². The first-order valence-electron chi connectivity index (χ1n) is 7.35. The van der Waals surface area contributed by atoms with Crippen LogP contribution in [-0.4, -0.2) is 9.88 Å². The largest absolute Gasteiger partial charge is 0.657 e. The first-order valence-corrected chi connectivity index (χ1v) is 7.35. The molecule has 0 N–H and O–H groups in total. The maximum Gasteiger partial charge on any atom is 0.267 e. The van der Waals surface area contributed by atoms with Gasteiger partial charge in [0.05, 0.1) is 11.9 Å². The fraction of sp³-hybridized carbons (Fsp3) is 0.111. The van der Waals surface area contributed by atoms with Gasteiger partial charge in [0.1, 0.15) is 13.1 Å². The minimum absolute atomic E-state index is 0.772. The second kappa shape index (κ2) is 5.48. The predicted molar refractivity (Wildman–Crippen MR) is 85.0 cm³/mol. The summed E-state index contributed by atoms with van der Waals surface area (Å²) in [6.45, 7) is 1.64. The number of hydrogen-bond acceptors (Lipinski definition) is 2. The van der Waals surface area contributed by atoms with E-state index in [0.29, 0.717) is 0 Å². The van der Waals surface area contributed by atoms with Gasteiger partial charge < -0.3 is 5.32 Å². The number of aromatic nitrogens is 2. The Bertz CT molecular complexity index is 775. The van der Waals surface area contributed by atoms with Crippen LogP contribution in [0.4, 0.5) is 0 Å². The number of fused-ring (bicyclic) bond motifs is 1. The Morgan fingerprint density at radius 3 is 2.91 bits per heavy atom. The molecule has 4 rings (SSSR count). The lowest BCUT2D eigenvalue weighted by molar-refractivity contribution is -0.586. The fourth-order valence-corrected chi connectivity index (χ4v) is 2.84. The van der Waals surface area contributed by atoms with Gasteiger partial charge in [-0.05, 0) is 30.0 Å². The van der Waals surface area contributed by atoms with Crippen LogP contribution >= 0.6 is 0 Å². The zero-order valence-electron chi connectivity index (χ0n) is 12.1. The minimum Gasteiger partial charge on any atom is -0.657 e. The molecule has 2 aromatic rings. The maximum atomic E-state index is 4.53. The van der Waals surface area contributed by atoms with Gasteiger partial charge in [0.2, 0.25) is 0 Å². The molecular formula is C18H16N4. The maximum absolute atomic E-state index is 4.53. The van der Waals surface area contributed by atoms with Crippen molar-refractivity contribution in [1.29, 1.82) is 0 Å². The summed E-state index contributed by atoms with van der Waals surface area (Å²) in [6, 6.07) is 12.3. The first kappa shape index (κ1) is 12.8. The molecule has 108 valence electrons. The Labute approximate surface area is 129 Å². The Morgan fingerprint density at radius 1 is 1.14 bits per heavy atom. The Balaban J connectivity index is 1.75. The van der Waals surface area contributed by atoms with Crippen molar-refractivity contribution in [1.82, 2.24) is 9.88 Å². The van der Waals surface area contributed by atoms with Crippen LogP contribution < -0.4 is 4.57 Å². The van der Waals surface area contributed by atoms with Crippen molar-refractivity contribution in [3.8, 4) is 0 Å². The van der Waals surface area contributed by atoms with Gasteiger partial charge in [-0.25, -0.2) is 9.47 Å². The summed E-state index contributed by atoms with van der Waals surface area (Å²) in [5.41, 5.74) is 3.30. The van der Waals surface area contributed by atoms with Crippen molar-refractivity contribution in [3.63, 3.8) is 0 Å². The average Bonchev–Trinajstić information content (AvgIpc) is 2.94. The molecule has 2 aliphatic rings. The van der Waals surface area contributed by atoms with Crippen LogP contribution in [0.1, 0.15) is 11.4 Å².